The van der Waals surface area contributed by atoms with E-state index in [9.17, 15) is 14.4 Å². The van der Waals surface area contributed by atoms with Crippen molar-refractivity contribution in [2.75, 3.05) is 6.61 Å². The zero-order chi connectivity index (χ0) is 15.4. The van der Waals surface area contributed by atoms with Gasteiger partial charge in [0.1, 0.15) is 5.69 Å². The molecular weight excluding hydrogens is 264 g/mol. The van der Waals surface area contributed by atoms with E-state index in [1.54, 1.807) is 20.8 Å². The van der Waals surface area contributed by atoms with E-state index in [1.807, 2.05) is 0 Å². The summed E-state index contributed by atoms with van der Waals surface area (Å²) in [5.74, 6) is -2.00. The summed E-state index contributed by atoms with van der Waals surface area (Å²) in [5, 5.41) is 0. The average molecular weight is 282 g/mol. The highest BCUT2D eigenvalue weighted by molar-refractivity contribution is 5.99. The smallest absolute Gasteiger partial charge is 0.355 e. The number of aromatic nitrogens is 1. The first kappa shape index (κ1) is 15.7. The van der Waals surface area contributed by atoms with Crippen molar-refractivity contribution in [2.24, 2.45) is 5.73 Å². The Hall–Kier alpha value is -2.31. The van der Waals surface area contributed by atoms with Crippen molar-refractivity contribution < 1.29 is 23.9 Å². The fraction of sp³-hybridized carbons (Fsp3) is 0.462. The highest BCUT2D eigenvalue weighted by Crippen LogP contribution is 2.20. The number of aryl methyl sites for hydroxylation is 1. The lowest BCUT2D eigenvalue weighted by Gasteiger charge is -2.09. The number of nitrogens with two attached hydrogens (primary N) is 1. The van der Waals surface area contributed by atoms with Crippen LogP contribution < -0.4 is 5.73 Å². The molecule has 0 aliphatic carbocycles. The molecule has 3 N–H and O–H groups in total. The number of aromatic amines is 1. The van der Waals surface area contributed by atoms with Crippen molar-refractivity contribution in [1.29, 1.82) is 0 Å². The molecule has 0 aliphatic rings. The van der Waals surface area contributed by atoms with Crippen LogP contribution in [-0.2, 0) is 14.3 Å². The van der Waals surface area contributed by atoms with Gasteiger partial charge in [-0.15, -0.1) is 0 Å². The standard InChI is InChI=1S/C13H18N2O5/c1-5-19-13(18)10-6(2)9(7(3)15-10)12(17)20-8(4)11(14)16/h8,15H,5H2,1-4H3,(H2,14,16)/t8-/m1/s1. The summed E-state index contributed by atoms with van der Waals surface area (Å²) in [6.07, 6.45) is -1.04. The molecular formula is C13H18N2O5. The van der Waals surface area contributed by atoms with Gasteiger partial charge in [0.2, 0.25) is 0 Å². The third kappa shape index (κ3) is 3.17. The number of carbonyl (C=O) groups is 3. The van der Waals surface area contributed by atoms with E-state index in [0.29, 0.717) is 11.3 Å². The molecule has 1 atom stereocenters. The number of hydrogen-bond donors (Lipinski definition) is 2. The van der Waals surface area contributed by atoms with Gasteiger partial charge in [-0.2, -0.15) is 0 Å². The Morgan fingerprint density at radius 1 is 1.25 bits per heavy atom. The zero-order valence-corrected chi connectivity index (χ0v) is 11.9. The summed E-state index contributed by atoms with van der Waals surface area (Å²) in [5.41, 5.74) is 6.32. The monoisotopic (exact) mass is 282 g/mol. The fourth-order valence-corrected chi connectivity index (χ4v) is 1.74. The quantitative estimate of drug-likeness (QED) is 0.777. The largest absolute Gasteiger partial charge is 0.461 e. The van der Waals surface area contributed by atoms with Gasteiger partial charge in [0.05, 0.1) is 12.2 Å². The number of primary amides is 1. The molecule has 0 radical (unpaired) electrons. The van der Waals surface area contributed by atoms with Crippen LogP contribution in [0.3, 0.4) is 0 Å². The van der Waals surface area contributed by atoms with Gasteiger partial charge in [-0.05, 0) is 33.3 Å². The molecule has 7 nitrogen and oxygen atoms in total. The van der Waals surface area contributed by atoms with Crippen LogP contribution in [0.2, 0.25) is 0 Å². The number of hydrogen-bond acceptors (Lipinski definition) is 5. The average Bonchev–Trinajstić information content (AvgIpc) is 2.64. The predicted octanol–water partition coefficient (Wildman–Crippen LogP) is 0.839. The summed E-state index contributed by atoms with van der Waals surface area (Å²) in [6.45, 7) is 6.52. The Labute approximate surface area is 116 Å². The van der Waals surface area contributed by atoms with Crippen LogP contribution in [0.5, 0.6) is 0 Å². The summed E-state index contributed by atoms with van der Waals surface area (Å²) >= 11 is 0. The molecule has 0 spiro atoms. The molecule has 1 rings (SSSR count). The first-order valence-corrected chi connectivity index (χ1v) is 6.16. The highest BCUT2D eigenvalue weighted by atomic mass is 16.5. The molecule has 1 aromatic rings. The summed E-state index contributed by atoms with van der Waals surface area (Å²) in [7, 11) is 0. The Bertz CT molecular complexity index is 547. The van der Waals surface area contributed by atoms with Gasteiger partial charge in [0.25, 0.3) is 5.91 Å². The second kappa shape index (κ2) is 6.23. The number of H-pyrrole nitrogens is 1. The lowest BCUT2D eigenvalue weighted by Crippen LogP contribution is -2.30. The van der Waals surface area contributed by atoms with Crippen molar-refractivity contribution >= 4 is 17.8 Å². The summed E-state index contributed by atoms with van der Waals surface area (Å²) in [6, 6.07) is 0. The minimum atomic E-state index is -1.04. The summed E-state index contributed by atoms with van der Waals surface area (Å²) < 4.78 is 9.81. The number of carbonyl (C=O) groups excluding carboxylic acids is 3. The molecule has 1 aromatic heterocycles. The van der Waals surface area contributed by atoms with E-state index in [4.69, 9.17) is 15.2 Å². The van der Waals surface area contributed by atoms with E-state index >= 15 is 0 Å². The van der Waals surface area contributed by atoms with Crippen molar-refractivity contribution in [1.82, 2.24) is 4.98 Å². The molecule has 0 bridgehead atoms. The Morgan fingerprint density at radius 3 is 2.35 bits per heavy atom. The molecule has 0 saturated heterocycles. The van der Waals surface area contributed by atoms with Crippen LogP contribution >= 0.6 is 0 Å². The van der Waals surface area contributed by atoms with Gasteiger partial charge in [-0.25, -0.2) is 9.59 Å². The Kier molecular flexibility index (Phi) is 4.90. The topological polar surface area (TPSA) is 111 Å². The molecule has 1 amide bonds. The molecule has 0 fully saturated rings. The number of esters is 2. The van der Waals surface area contributed by atoms with E-state index in [2.05, 4.69) is 4.98 Å². The lowest BCUT2D eigenvalue weighted by molar-refractivity contribution is -0.125. The normalized spacial score (nSPS) is 11.8. The highest BCUT2D eigenvalue weighted by Gasteiger charge is 2.25. The van der Waals surface area contributed by atoms with Gasteiger partial charge in [0.15, 0.2) is 6.10 Å². The molecule has 7 heteroatoms. The van der Waals surface area contributed by atoms with Crippen LogP contribution in [-0.4, -0.2) is 35.5 Å². The lowest BCUT2D eigenvalue weighted by atomic mass is 10.1. The third-order valence-corrected chi connectivity index (χ3v) is 2.81. The van der Waals surface area contributed by atoms with Gasteiger partial charge in [-0.3, -0.25) is 4.79 Å². The van der Waals surface area contributed by atoms with Gasteiger partial charge < -0.3 is 20.2 Å². The van der Waals surface area contributed by atoms with Crippen LogP contribution in [0.1, 0.15) is 46.0 Å². The number of amides is 1. The van der Waals surface area contributed by atoms with Crippen LogP contribution in [0, 0.1) is 13.8 Å². The van der Waals surface area contributed by atoms with E-state index < -0.39 is 23.9 Å². The molecule has 0 saturated carbocycles. The third-order valence-electron chi connectivity index (χ3n) is 2.81. The van der Waals surface area contributed by atoms with Gasteiger partial charge in [-0.1, -0.05) is 0 Å². The molecule has 0 aliphatic heterocycles. The van der Waals surface area contributed by atoms with Crippen molar-refractivity contribution in [3.8, 4) is 0 Å². The van der Waals surface area contributed by atoms with Crippen LogP contribution in [0.4, 0.5) is 0 Å². The molecule has 0 aromatic carbocycles. The second-order valence-electron chi connectivity index (χ2n) is 4.30. The maximum Gasteiger partial charge on any atom is 0.355 e. The molecule has 1 heterocycles. The Balaban J connectivity index is 3.05. The number of ether oxygens (including phenoxy) is 2. The summed E-state index contributed by atoms with van der Waals surface area (Å²) in [4.78, 5) is 37.4. The van der Waals surface area contributed by atoms with Crippen molar-refractivity contribution in [3.63, 3.8) is 0 Å². The van der Waals surface area contributed by atoms with Crippen LogP contribution in [0.15, 0.2) is 0 Å². The fourth-order valence-electron chi connectivity index (χ4n) is 1.74. The van der Waals surface area contributed by atoms with Gasteiger partial charge in [0, 0.05) is 5.69 Å². The molecule has 0 unspecified atom stereocenters. The molecule has 110 valence electrons. The minimum Gasteiger partial charge on any atom is -0.461 e. The molecule has 20 heavy (non-hydrogen) atoms. The van der Waals surface area contributed by atoms with Crippen LogP contribution in [0.25, 0.3) is 0 Å². The number of nitrogens with one attached hydrogen (secondary N) is 1. The predicted molar refractivity (Wildman–Crippen MR) is 70.3 cm³/mol. The van der Waals surface area contributed by atoms with Crippen molar-refractivity contribution in [3.05, 3.63) is 22.5 Å². The van der Waals surface area contributed by atoms with Crippen molar-refractivity contribution in [2.45, 2.75) is 33.8 Å². The maximum atomic E-state index is 12.0. The second-order valence-corrected chi connectivity index (χ2v) is 4.30. The van der Waals surface area contributed by atoms with E-state index in [0.717, 1.165) is 0 Å². The maximum absolute atomic E-state index is 12.0. The zero-order valence-electron chi connectivity index (χ0n) is 11.9. The Morgan fingerprint density at radius 2 is 1.85 bits per heavy atom. The SMILES string of the molecule is CCOC(=O)c1[nH]c(C)c(C(=O)O[C@H](C)C(N)=O)c1C. The van der Waals surface area contributed by atoms with E-state index in [1.165, 1.54) is 6.92 Å². The number of rotatable bonds is 5. The first-order valence-electron chi connectivity index (χ1n) is 6.16. The van der Waals surface area contributed by atoms with Gasteiger partial charge >= 0.3 is 11.9 Å². The van der Waals surface area contributed by atoms with E-state index in [-0.39, 0.29) is 17.9 Å². The minimum absolute atomic E-state index is 0.197. The first-order chi connectivity index (χ1) is 9.29.